The fourth-order valence-corrected chi connectivity index (χ4v) is 2.77. The lowest BCUT2D eigenvalue weighted by molar-refractivity contribution is -0.132. The number of hydrogen-bond acceptors (Lipinski definition) is 3. The minimum absolute atomic E-state index is 0.0943. The van der Waals surface area contributed by atoms with E-state index in [2.05, 4.69) is 12.2 Å². The van der Waals surface area contributed by atoms with E-state index in [4.69, 9.17) is 11.6 Å². The van der Waals surface area contributed by atoms with Crippen molar-refractivity contribution in [1.29, 1.82) is 0 Å². The maximum absolute atomic E-state index is 12.4. The van der Waals surface area contributed by atoms with E-state index in [1.54, 1.807) is 24.1 Å². The number of nitrogens with one attached hydrogen (secondary N) is 1. The van der Waals surface area contributed by atoms with Crippen LogP contribution >= 0.6 is 11.6 Å². The highest BCUT2D eigenvalue weighted by atomic mass is 35.5. The molecule has 1 N–H and O–H groups in total. The van der Waals surface area contributed by atoms with Crippen molar-refractivity contribution in [2.45, 2.75) is 26.2 Å². The van der Waals surface area contributed by atoms with Crippen LogP contribution in [0.15, 0.2) is 24.3 Å². The third-order valence-electron chi connectivity index (χ3n) is 3.99. The van der Waals surface area contributed by atoms with E-state index in [-0.39, 0.29) is 24.9 Å². The summed E-state index contributed by atoms with van der Waals surface area (Å²) in [5.41, 5.74) is 0.588. The summed E-state index contributed by atoms with van der Waals surface area (Å²) in [6, 6.07) is 7.11. The van der Waals surface area contributed by atoms with Crippen LogP contribution < -0.4 is 5.32 Å². The molecule has 0 aromatic heterocycles. The summed E-state index contributed by atoms with van der Waals surface area (Å²) in [6.07, 6.45) is 3.41. The van der Waals surface area contributed by atoms with E-state index < -0.39 is 0 Å². The second kappa shape index (κ2) is 9.04. The van der Waals surface area contributed by atoms with Crippen LogP contribution in [-0.2, 0) is 9.59 Å². The van der Waals surface area contributed by atoms with Crippen molar-refractivity contribution < 1.29 is 9.59 Å². The number of halogens is 1. The molecule has 0 aliphatic heterocycles. The summed E-state index contributed by atoms with van der Waals surface area (Å²) < 4.78 is 0. The van der Waals surface area contributed by atoms with E-state index >= 15 is 0 Å². The van der Waals surface area contributed by atoms with Gasteiger partial charge in [-0.3, -0.25) is 14.5 Å². The second-order valence-electron chi connectivity index (χ2n) is 6.48. The summed E-state index contributed by atoms with van der Waals surface area (Å²) in [5.74, 6) is 0.591. The normalized spacial score (nSPS) is 13.8. The fraction of sp³-hybridized carbons (Fsp3) is 0.556. The smallest absolute Gasteiger partial charge is 0.238 e. The summed E-state index contributed by atoms with van der Waals surface area (Å²) in [6.45, 7) is 4.12. The van der Waals surface area contributed by atoms with Crippen molar-refractivity contribution in [2.75, 3.05) is 38.5 Å². The zero-order valence-corrected chi connectivity index (χ0v) is 15.2. The third-order valence-corrected chi connectivity index (χ3v) is 4.32. The quantitative estimate of drug-likeness (QED) is 0.744. The van der Waals surface area contributed by atoms with Crippen LogP contribution in [0.4, 0.5) is 5.69 Å². The van der Waals surface area contributed by atoms with E-state index in [0.717, 1.165) is 19.5 Å². The van der Waals surface area contributed by atoms with Crippen LogP contribution in [0.2, 0.25) is 5.02 Å². The van der Waals surface area contributed by atoms with Crippen molar-refractivity contribution in [3.05, 3.63) is 29.3 Å². The molecule has 0 saturated heterocycles. The molecule has 0 bridgehead atoms. The number of anilines is 1. The molecule has 0 heterocycles. The van der Waals surface area contributed by atoms with E-state index in [1.165, 1.54) is 12.8 Å². The molecule has 2 amide bonds. The van der Waals surface area contributed by atoms with Crippen molar-refractivity contribution in [2.24, 2.45) is 5.92 Å². The monoisotopic (exact) mass is 351 g/mol. The predicted octanol–water partition coefficient (Wildman–Crippen LogP) is 2.86. The Kier molecular flexibility index (Phi) is 7.06. The first kappa shape index (κ1) is 18.7. The van der Waals surface area contributed by atoms with Crippen molar-refractivity contribution >= 4 is 29.1 Å². The second-order valence-corrected chi connectivity index (χ2v) is 6.89. The highest BCUT2D eigenvalue weighted by molar-refractivity contribution is 6.33. The average molecular weight is 352 g/mol. The zero-order chi connectivity index (χ0) is 17.5. The van der Waals surface area contributed by atoms with Crippen molar-refractivity contribution in [3.63, 3.8) is 0 Å². The number of rotatable bonds is 9. The summed E-state index contributed by atoms with van der Waals surface area (Å²) >= 11 is 6.03. The first-order valence-electron chi connectivity index (χ1n) is 8.50. The minimum atomic E-state index is -0.178. The first-order chi connectivity index (χ1) is 11.5. The van der Waals surface area contributed by atoms with Gasteiger partial charge in [0.25, 0.3) is 0 Å². The molecule has 0 spiro atoms. The summed E-state index contributed by atoms with van der Waals surface area (Å²) in [7, 11) is 1.78. The van der Waals surface area contributed by atoms with Gasteiger partial charge in [-0.1, -0.05) is 30.7 Å². The van der Waals surface area contributed by atoms with Crippen molar-refractivity contribution in [3.8, 4) is 0 Å². The van der Waals surface area contributed by atoms with Gasteiger partial charge in [-0.05, 0) is 44.4 Å². The van der Waals surface area contributed by atoms with Crippen LogP contribution in [-0.4, -0.2) is 54.8 Å². The first-order valence-corrected chi connectivity index (χ1v) is 8.88. The Balaban J connectivity index is 1.80. The molecule has 5 nitrogen and oxygen atoms in total. The molecule has 6 heteroatoms. The van der Waals surface area contributed by atoms with E-state index in [0.29, 0.717) is 16.6 Å². The third kappa shape index (κ3) is 6.13. The minimum Gasteiger partial charge on any atom is -0.341 e. The largest absolute Gasteiger partial charge is 0.341 e. The highest BCUT2D eigenvalue weighted by Crippen LogP contribution is 2.29. The molecule has 0 unspecified atom stereocenters. The lowest BCUT2D eigenvalue weighted by Crippen LogP contribution is -2.42. The van der Waals surface area contributed by atoms with Gasteiger partial charge in [-0.2, -0.15) is 0 Å². The van der Waals surface area contributed by atoms with Gasteiger partial charge in [-0.25, -0.2) is 0 Å². The number of hydrogen-bond donors (Lipinski definition) is 1. The number of likely N-dealkylation sites (N-methyl/N-ethyl adjacent to an activating group) is 1. The van der Waals surface area contributed by atoms with Gasteiger partial charge in [0.05, 0.1) is 23.8 Å². The lowest BCUT2D eigenvalue weighted by atomic mass is 10.3. The Morgan fingerprint density at radius 3 is 2.58 bits per heavy atom. The number of para-hydroxylation sites is 1. The number of nitrogens with zero attached hydrogens (tertiary/aromatic N) is 2. The van der Waals surface area contributed by atoms with Gasteiger partial charge in [0.15, 0.2) is 0 Å². The van der Waals surface area contributed by atoms with Crippen molar-refractivity contribution in [1.82, 2.24) is 9.80 Å². The number of benzene rings is 1. The van der Waals surface area contributed by atoms with Crippen LogP contribution in [0.1, 0.15) is 26.2 Å². The molecular formula is C18H26ClN3O2. The average Bonchev–Trinajstić information content (AvgIpc) is 3.33. The molecule has 24 heavy (non-hydrogen) atoms. The fourth-order valence-electron chi connectivity index (χ4n) is 2.58. The molecule has 1 fully saturated rings. The lowest BCUT2D eigenvalue weighted by Gasteiger charge is -2.25. The standard InChI is InChI=1S/C18H26ClN3O2/c1-3-10-22(11-14-8-9-14)18(24)13-21(2)12-17(23)20-16-7-5-4-6-15(16)19/h4-7,14H,3,8-13H2,1-2H3,(H,20,23). The van der Waals surface area contributed by atoms with Gasteiger partial charge in [0.2, 0.25) is 11.8 Å². The van der Waals surface area contributed by atoms with E-state index in [9.17, 15) is 9.59 Å². The topological polar surface area (TPSA) is 52.7 Å². The molecule has 132 valence electrons. The Morgan fingerprint density at radius 1 is 1.25 bits per heavy atom. The highest BCUT2D eigenvalue weighted by Gasteiger charge is 2.26. The molecule has 1 saturated carbocycles. The van der Waals surface area contributed by atoms with Crippen LogP contribution in [0, 0.1) is 5.92 Å². The van der Waals surface area contributed by atoms with Gasteiger partial charge >= 0.3 is 0 Å². The predicted molar refractivity (Wildman–Crippen MR) is 97.2 cm³/mol. The van der Waals surface area contributed by atoms with Gasteiger partial charge in [0, 0.05) is 13.1 Å². The van der Waals surface area contributed by atoms with Crippen LogP contribution in [0.3, 0.4) is 0 Å². The number of carbonyl (C=O) groups is 2. The van der Waals surface area contributed by atoms with Gasteiger partial charge in [0.1, 0.15) is 0 Å². The summed E-state index contributed by atoms with van der Waals surface area (Å²) in [4.78, 5) is 28.2. The molecule has 0 radical (unpaired) electrons. The Morgan fingerprint density at radius 2 is 1.96 bits per heavy atom. The molecule has 2 rings (SSSR count). The maximum atomic E-state index is 12.4. The van der Waals surface area contributed by atoms with Crippen LogP contribution in [0.5, 0.6) is 0 Å². The van der Waals surface area contributed by atoms with Crippen LogP contribution in [0.25, 0.3) is 0 Å². The summed E-state index contributed by atoms with van der Waals surface area (Å²) in [5, 5.41) is 3.28. The molecule has 1 aromatic carbocycles. The number of carbonyl (C=O) groups excluding carboxylic acids is 2. The SMILES string of the molecule is CCCN(CC1CC1)C(=O)CN(C)CC(=O)Nc1ccccc1Cl. The molecule has 1 aliphatic rings. The Bertz CT molecular complexity index is 575. The molecule has 1 aliphatic carbocycles. The zero-order valence-electron chi connectivity index (χ0n) is 14.4. The number of amides is 2. The Labute approximate surface area is 149 Å². The van der Waals surface area contributed by atoms with Gasteiger partial charge < -0.3 is 10.2 Å². The van der Waals surface area contributed by atoms with Gasteiger partial charge in [-0.15, -0.1) is 0 Å². The molecule has 1 aromatic rings. The Hall–Kier alpha value is -1.59. The van der Waals surface area contributed by atoms with E-state index in [1.807, 2.05) is 17.0 Å². The molecule has 0 atom stereocenters. The molecular weight excluding hydrogens is 326 g/mol. The maximum Gasteiger partial charge on any atom is 0.238 e.